The minimum atomic E-state index is -0.285. The minimum absolute atomic E-state index is 0.281. The van der Waals surface area contributed by atoms with Crippen molar-refractivity contribution in [3.05, 3.63) is 34.9 Å². The van der Waals surface area contributed by atoms with Gasteiger partial charge in [0.1, 0.15) is 0 Å². The highest BCUT2D eigenvalue weighted by molar-refractivity contribution is 6.01. The summed E-state index contributed by atoms with van der Waals surface area (Å²) in [6, 6.07) is 6.23. The van der Waals surface area contributed by atoms with Gasteiger partial charge in [-0.1, -0.05) is 45.9 Å². The summed E-state index contributed by atoms with van der Waals surface area (Å²) in [7, 11) is 0. The largest absolute Gasteiger partial charge is 0.294 e. The average Bonchev–Trinajstić information content (AvgIpc) is 2.26. The van der Waals surface area contributed by atoms with Crippen molar-refractivity contribution < 1.29 is 4.79 Å². The number of hydrogen-bond acceptors (Lipinski definition) is 1. The third-order valence-corrected chi connectivity index (χ3v) is 3.70. The summed E-state index contributed by atoms with van der Waals surface area (Å²) in [4.78, 5) is 12.5. The molecule has 0 bridgehead atoms. The number of ketones is 1. The lowest BCUT2D eigenvalue weighted by molar-refractivity contribution is 0.0856. The number of rotatable bonds is 1. The van der Waals surface area contributed by atoms with Crippen molar-refractivity contribution in [3.8, 4) is 0 Å². The first kappa shape index (κ1) is 12.3. The molecular formula is C16H22O. The Morgan fingerprint density at radius 1 is 1.29 bits per heavy atom. The molecule has 1 aromatic rings. The van der Waals surface area contributed by atoms with E-state index in [1.54, 1.807) is 0 Å². The second-order valence-electron chi connectivity index (χ2n) is 6.25. The Balaban J connectivity index is 2.52. The van der Waals surface area contributed by atoms with Crippen LogP contribution in [-0.4, -0.2) is 5.78 Å². The number of carbonyl (C=O) groups is 1. The van der Waals surface area contributed by atoms with Crippen LogP contribution in [-0.2, 0) is 6.42 Å². The standard InChI is InChI=1S/C16H22O/c1-11-7-5-8-12-9-6-10-13(14(11)12)15(17)16(2,3)4/h6,9-11H,5,7-8H2,1-4H3. The molecule has 1 aromatic carbocycles. The van der Waals surface area contributed by atoms with Crippen molar-refractivity contribution in [1.82, 2.24) is 0 Å². The van der Waals surface area contributed by atoms with Crippen LogP contribution >= 0.6 is 0 Å². The highest BCUT2D eigenvalue weighted by Crippen LogP contribution is 2.36. The molecule has 0 spiro atoms. The van der Waals surface area contributed by atoms with Crippen LogP contribution in [0, 0.1) is 5.41 Å². The fourth-order valence-corrected chi connectivity index (χ4v) is 2.76. The molecule has 0 fully saturated rings. The summed E-state index contributed by atoms with van der Waals surface area (Å²) in [5.74, 6) is 0.810. The molecule has 0 heterocycles. The molecule has 1 nitrogen and oxygen atoms in total. The van der Waals surface area contributed by atoms with Gasteiger partial charge in [0.25, 0.3) is 0 Å². The van der Waals surface area contributed by atoms with Crippen molar-refractivity contribution in [1.29, 1.82) is 0 Å². The zero-order valence-corrected chi connectivity index (χ0v) is 11.3. The molecule has 1 aliphatic rings. The molecule has 0 radical (unpaired) electrons. The van der Waals surface area contributed by atoms with Crippen LogP contribution in [0.5, 0.6) is 0 Å². The van der Waals surface area contributed by atoms with Crippen LogP contribution in [0.1, 0.15) is 67.9 Å². The van der Waals surface area contributed by atoms with Gasteiger partial charge in [-0.3, -0.25) is 4.79 Å². The predicted octanol–water partition coefficient (Wildman–Crippen LogP) is 4.36. The van der Waals surface area contributed by atoms with Crippen LogP contribution < -0.4 is 0 Å². The van der Waals surface area contributed by atoms with Crippen molar-refractivity contribution in [2.24, 2.45) is 5.41 Å². The zero-order valence-electron chi connectivity index (χ0n) is 11.3. The minimum Gasteiger partial charge on any atom is -0.294 e. The van der Waals surface area contributed by atoms with Gasteiger partial charge in [0, 0.05) is 11.0 Å². The molecule has 0 amide bonds. The number of benzene rings is 1. The molecule has 92 valence electrons. The van der Waals surface area contributed by atoms with Gasteiger partial charge in [0.2, 0.25) is 0 Å². The Hall–Kier alpha value is -1.11. The van der Waals surface area contributed by atoms with E-state index >= 15 is 0 Å². The lowest BCUT2D eigenvalue weighted by Gasteiger charge is -2.27. The normalized spacial score (nSPS) is 19.9. The molecule has 17 heavy (non-hydrogen) atoms. The van der Waals surface area contributed by atoms with Crippen molar-refractivity contribution >= 4 is 5.78 Å². The van der Waals surface area contributed by atoms with E-state index in [0.29, 0.717) is 5.92 Å². The second-order valence-corrected chi connectivity index (χ2v) is 6.25. The lowest BCUT2D eigenvalue weighted by Crippen LogP contribution is -2.23. The van der Waals surface area contributed by atoms with E-state index in [1.165, 1.54) is 24.0 Å². The van der Waals surface area contributed by atoms with Gasteiger partial charge < -0.3 is 0 Å². The molecular weight excluding hydrogens is 208 g/mol. The van der Waals surface area contributed by atoms with Crippen LogP contribution in [0.2, 0.25) is 0 Å². The summed E-state index contributed by atoms with van der Waals surface area (Å²) >= 11 is 0. The topological polar surface area (TPSA) is 17.1 Å². The summed E-state index contributed by atoms with van der Waals surface area (Å²) < 4.78 is 0. The van der Waals surface area contributed by atoms with Crippen LogP contribution in [0.15, 0.2) is 18.2 Å². The van der Waals surface area contributed by atoms with Crippen LogP contribution in [0.25, 0.3) is 0 Å². The first-order chi connectivity index (χ1) is 7.91. The molecule has 0 saturated heterocycles. The van der Waals surface area contributed by atoms with E-state index in [2.05, 4.69) is 13.0 Å². The van der Waals surface area contributed by atoms with Crippen LogP contribution in [0.3, 0.4) is 0 Å². The molecule has 1 aliphatic carbocycles. The lowest BCUT2D eigenvalue weighted by atomic mass is 9.76. The van der Waals surface area contributed by atoms with Gasteiger partial charge in [-0.25, -0.2) is 0 Å². The van der Waals surface area contributed by atoms with Crippen LogP contribution in [0.4, 0.5) is 0 Å². The monoisotopic (exact) mass is 230 g/mol. The Kier molecular flexibility index (Phi) is 3.11. The first-order valence-electron chi connectivity index (χ1n) is 6.58. The van der Waals surface area contributed by atoms with E-state index < -0.39 is 0 Å². The third-order valence-electron chi connectivity index (χ3n) is 3.70. The zero-order chi connectivity index (χ0) is 12.6. The van der Waals surface area contributed by atoms with Gasteiger partial charge in [-0.15, -0.1) is 0 Å². The maximum absolute atomic E-state index is 12.5. The van der Waals surface area contributed by atoms with E-state index in [-0.39, 0.29) is 11.2 Å². The number of carbonyl (C=O) groups excluding carboxylic acids is 1. The highest BCUT2D eigenvalue weighted by atomic mass is 16.1. The highest BCUT2D eigenvalue weighted by Gasteiger charge is 2.28. The van der Waals surface area contributed by atoms with Crippen molar-refractivity contribution in [3.63, 3.8) is 0 Å². The number of aryl methyl sites for hydroxylation is 1. The Morgan fingerprint density at radius 3 is 2.65 bits per heavy atom. The quantitative estimate of drug-likeness (QED) is 0.655. The van der Waals surface area contributed by atoms with Gasteiger partial charge in [0.05, 0.1) is 0 Å². The van der Waals surface area contributed by atoms with Crippen molar-refractivity contribution in [2.75, 3.05) is 0 Å². The Morgan fingerprint density at radius 2 is 2.00 bits per heavy atom. The molecule has 1 heteroatoms. The maximum Gasteiger partial charge on any atom is 0.168 e. The fraction of sp³-hybridized carbons (Fsp3) is 0.562. The van der Waals surface area contributed by atoms with Gasteiger partial charge in [-0.2, -0.15) is 0 Å². The number of hydrogen-bond donors (Lipinski definition) is 0. The van der Waals surface area contributed by atoms with Crippen molar-refractivity contribution in [2.45, 2.75) is 52.9 Å². The van der Waals surface area contributed by atoms with E-state index in [4.69, 9.17) is 0 Å². The number of fused-ring (bicyclic) bond motifs is 1. The summed E-state index contributed by atoms with van der Waals surface area (Å²) in [5, 5.41) is 0. The predicted molar refractivity (Wildman–Crippen MR) is 71.6 cm³/mol. The summed E-state index contributed by atoms with van der Waals surface area (Å²) in [6.07, 6.45) is 3.59. The smallest absolute Gasteiger partial charge is 0.168 e. The molecule has 0 saturated carbocycles. The summed E-state index contributed by atoms with van der Waals surface area (Å²) in [5.41, 5.74) is 3.38. The molecule has 2 rings (SSSR count). The van der Waals surface area contributed by atoms with Gasteiger partial charge in [0.15, 0.2) is 5.78 Å². The van der Waals surface area contributed by atoms with Gasteiger partial charge >= 0.3 is 0 Å². The molecule has 1 unspecified atom stereocenters. The Labute approximate surface area is 104 Å². The Bertz CT molecular complexity index is 437. The molecule has 0 N–H and O–H groups in total. The van der Waals surface area contributed by atoms with E-state index in [1.807, 2.05) is 32.9 Å². The SMILES string of the molecule is CC1CCCc2cccc(C(=O)C(C)(C)C)c21. The average molecular weight is 230 g/mol. The van der Waals surface area contributed by atoms with Gasteiger partial charge in [-0.05, 0) is 36.3 Å². The molecule has 0 aliphatic heterocycles. The fourth-order valence-electron chi connectivity index (χ4n) is 2.76. The van der Waals surface area contributed by atoms with E-state index in [0.717, 1.165) is 12.0 Å². The summed E-state index contributed by atoms with van der Waals surface area (Å²) in [6.45, 7) is 8.25. The van der Waals surface area contributed by atoms with E-state index in [9.17, 15) is 4.79 Å². The maximum atomic E-state index is 12.5. The molecule has 0 aromatic heterocycles. The second kappa shape index (κ2) is 4.29. The first-order valence-corrected chi connectivity index (χ1v) is 6.58. The third kappa shape index (κ3) is 2.29. The molecule has 1 atom stereocenters. The number of Topliss-reactive ketones (excluding diaryl/α,β-unsaturated/α-hetero) is 1.